The fraction of sp³-hybridized carbons (Fsp3) is 0.333. The Bertz CT molecular complexity index is 739. The Morgan fingerprint density at radius 2 is 2.29 bits per heavy atom. The van der Waals surface area contributed by atoms with Crippen molar-refractivity contribution in [3.63, 3.8) is 0 Å². The number of aromatic nitrogens is 2. The zero-order valence-electron chi connectivity index (χ0n) is 13.0. The molecule has 1 N–H and O–H groups in total. The third-order valence-corrected chi connectivity index (χ3v) is 4.46. The molecule has 0 saturated carbocycles. The van der Waals surface area contributed by atoms with Crippen molar-refractivity contribution in [1.82, 2.24) is 15.1 Å². The Balaban J connectivity index is 1.62. The number of rotatable bonds is 5. The molecule has 3 rings (SSSR count). The summed E-state index contributed by atoms with van der Waals surface area (Å²) in [5, 5.41) is 10.4. The molecule has 1 aliphatic rings. The molecule has 24 heavy (non-hydrogen) atoms. The van der Waals surface area contributed by atoms with Gasteiger partial charge in [0, 0.05) is 6.54 Å². The molecular weight excluding hydrogens is 333 g/mol. The third-order valence-electron chi connectivity index (χ3n) is 3.85. The highest BCUT2D eigenvalue weighted by Gasteiger charge is 2.36. The van der Waals surface area contributed by atoms with Gasteiger partial charge >= 0.3 is 0 Å². The number of hydrogen-bond acceptors (Lipinski definition) is 6. The summed E-state index contributed by atoms with van der Waals surface area (Å²) in [6, 6.07) is 5.73. The maximum atomic E-state index is 13.9. The van der Waals surface area contributed by atoms with Crippen molar-refractivity contribution < 1.29 is 14.0 Å². The van der Waals surface area contributed by atoms with E-state index in [9.17, 15) is 14.0 Å². The highest BCUT2D eigenvalue weighted by molar-refractivity contribution is 7.13. The Labute approximate surface area is 142 Å². The molecule has 1 aromatic carbocycles. The molecule has 0 unspecified atom stereocenters. The molecular formula is C15H16FN5O2S. The van der Waals surface area contributed by atoms with E-state index in [1.165, 1.54) is 27.8 Å². The van der Waals surface area contributed by atoms with Gasteiger partial charge in [-0.05, 0) is 25.6 Å². The molecule has 2 aromatic rings. The standard InChI is InChI=1S/C15H16FN5O2S/c1-20(8-13(22)18-15-19-17-9-24-15)12-6-7-21(14(12)23)11-5-3-2-4-10(11)16/h2-5,9,12H,6-8H2,1H3,(H,18,19,22)/t12-/m0/s1. The SMILES string of the molecule is CN(CC(=O)Nc1nncs1)[C@H]1CCN(c2ccccc2F)C1=O. The smallest absolute Gasteiger partial charge is 0.244 e. The van der Waals surface area contributed by atoms with Gasteiger partial charge in [-0.25, -0.2) is 4.39 Å². The summed E-state index contributed by atoms with van der Waals surface area (Å²) in [5.74, 6) is -0.902. The Kier molecular flexibility index (Phi) is 4.81. The first-order chi connectivity index (χ1) is 11.6. The second-order valence-electron chi connectivity index (χ2n) is 5.45. The van der Waals surface area contributed by atoms with Gasteiger partial charge in [0.05, 0.1) is 18.3 Å². The molecule has 0 aliphatic carbocycles. The number of carbonyl (C=O) groups is 2. The zero-order valence-corrected chi connectivity index (χ0v) is 13.8. The van der Waals surface area contributed by atoms with Crippen LogP contribution in [-0.2, 0) is 9.59 Å². The van der Waals surface area contributed by atoms with Crippen LogP contribution in [0.4, 0.5) is 15.2 Å². The minimum Gasteiger partial charge on any atom is -0.308 e. The largest absolute Gasteiger partial charge is 0.308 e. The lowest BCUT2D eigenvalue weighted by atomic mass is 10.2. The van der Waals surface area contributed by atoms with Crippen molar-refractivity contribution in [3.05, 3.63) is 35.6 Å². The van der Waals surface area contributed by atoms with Crippen LogP contribution >= 0.6 is 11.3 Å². The minimum absolute atomic E-state index is 0.0428. The number of halogens is 1. The number of nitrogens with zero attached hydrogens (tertiary/aromatic N) is 4. The fourth-order valence-electron chi connectivity index (χ4n) is 2.71. The van der Waals surface area contributed by atoms with Crippen LogP contribution in [0.2, 0.25) is 0 Å². The summed E-state index contributed by atoms with van der Waals surface area (Å²) in [5.41, 5.74) is 1.79. The maximum absolute atomic E-state index is 13.9. The molecule has 1 atom stereocenters. The Morgan fingerprint density at radius 1 is 1.50 bits per heavy atom. The van der Waals surface area contributed by atoms with E-state index in [0.717, 1.165) is 0 Å². The maximum Gasteiger partial charge on any atom is 0.244 e. The van der Waals surface area contributed by atoms with Crippen molar-refractivity contribution in [2.45, 2.75) is 12.5 Å². The molecule has 0 radical (unpaired) electrons. The van der Waals surface area contributed by atoms with Gasteiger partial charge in [-0.2, -0.15) is 0 Å². The van der Waals surface area contributed by atoms with Crippen molar-refractivity contribution in [2.24, 2.45) is 0 Å². The first-order valence-electron chi connectivity index (χ1n) is 7.38. The van der Waals surface area contributed by atoms with Crippen LogP contribution in [0, 0.1) is 5.82 Å². The van der Waals surface area contributed by atoms with Gasteiger partial charge in [0.15, 0.2) is 0 Å². The second kappa shape index (κ2) is 7.02. The number of carbonyl (C=O) groups excluding carboxylic acids is 2. The van der Waals surface area contributed by atoms with Gasteiger partial charge in [-0.1, -0.05) is 23.5 Å². The van der Waals surface area contributed by atoms with E-state index >= 15 is 0 Å². The first-order valence-corrected chi connectivity index (χ1v) is 8.26. The van der Waals surface area contributed by atoms with Gasteiger partial charge in [0.1, 0.15) is 11.3 Å². The van der Waals surface area contributed by atoms with Crippen LogP contribution in [0.25, 0.3) is 0 Å². The molecule has 1 saturated heterocycles. The number of amides is 2. The van der Waals surface area contributed by atoms with Crippen molar-refractivity contribution in [1.29, 1.82) is 0 Å². The second-order valence-corrected chi connectivity index (χ2v) is 6.29. The van der Waals surface area contributed by atoms with E-state index in [-0.39, 0.29) is 24.0 Å². The van der Waals surface area contributed by atoms with Gasteiger partial charge in [-0.3, -0.25) is 19.8 Å². The molecule has 1 aromatic heterocycles. The van der Waals surface area contributed by atoms with Crippen LogP contribution in [0.1, 0.15) is 6.42 Å². The average Bonchev–Trinajstić information content (AvgIpc) is 3.17. The van der Waals surface area contributed by atoms with E-state index in [1.807, 2.05) is 0 Å². The lowest BCUT2D eigenvalue weighted by molar-refractivity contribution is -0.123. The topological polar surface area (TPSA) is 78.4 Å². The molecule has 1 aliphatic heterocycles. The lowest BCUT2D eigenvalue weighted by Gasteiger charge is -2.23. The highest BCUT2D eigenvalue weighted by Crippen LogP contribution is 2.26. The molecule has 1 fully saturated rings. The fourth-order valence-corrected chi connectivity index (χ4v) is 3.17. The van der Waals surface area contributed by atoms with Crippen LogP contribution in [-0.4, -0.2) is 53.1 Å². The lowest BCUT2D eigenvalue weighted by Crippen LogP contribution is -2.43. The molecule has 0 spiro atoms. The quantitative estimate of drug-likeness (QED) is 0.882. The number of nitrogens with one attached hydrogen (secondary N) is 1. The predicted molar refractivity (Wildman–Crippen MR) is 88.3 cm³/mol. The van der Waals surface area contributed by atoms with Crippen LogP contribution in [0.5, 0.6) is 0 Å². The summed E-state index contributed by atoms with van der Waals surface area (Å²) in [6.45, 7) is 0.466. The predicted octanol–water partition coefficient (Wildman–Crippen LogP) is 1.35. The van der Waals surface area contributed by atoms with Crippen LogP contribution < -0.4 is 10.2 Å². The Hall–Kier alpha value is -2.39. The van der Waals surface area contributed by atoms with Crippen molar-refractivity contribution in [3.8, 4) is 0 Å². The summed E-state index contributed by atoms with van der Waals surface area (Å²) in [4.78, 5) is 27.7. The van der Waals surface area contributed by atoms with Gasteiger partial charge in [0.2, 0.25) is 16.9 Å². The minimum atomic E-state index is -0.454. The van der Waals surface area contributed by atoms with Crippen molar-refractivity contribution in [2.75, 3.05) is 30.4 Å². The summed E-state index contributed by atoms with van der Waals surface area (Å²) in [7, 11) is 1.70. The molecule has 126 valence electrons. The van der Waals surface area contributed by atoms with Crippen LogP contribution in [0.3, 0.4) is 0 Å². The average molecular weight is 349 g/mol. The number of hydrogen-bond donors (Lipinski definition) is 1. The zero-order chi connectivity index (χ0) is 17.1. The van der Waals surface area contributed by atoms with E-state index in [1.54, 1.807) is 30.1 Å². The van der Waals surface area contributed by atoms with Crippen molar-refractivity contribution >= 4 is 34.0 Å². The molecule has 2 amide bonds. The van der Waals surface area contributed by atoms with Gasteiger partial charge < -0.3 is 4.90 Å². The Morgan fingerprint density at radius 3 is 3.00 bits per heavy atom. The monoisotopic (exact) mass is 349 g/mol. The summed E-state index contributed by atoms with van der Waals surface area (Å²) >= 11 is 1.22. The number of likely N-dealkylation sites (N-methyl/N-ethyl adjacent to an activating group) is 1. The third kappa shape index (κ3) is 3.41. The van der Waals surface area contributed by atoms with E-state index in [0.29, 0.717) is 18.1 Å². The van der Waals surface area contributed by atoms with Gasteiger partial charge in [-0.15, -0.1) is 10.2 Å². The number of para-hydroxylation sites is 1. The highest BCUT2D eigenvalue weighted by atomic mass is 32.1. The molecule has 9 heteroatoms. The number of anilines is 2. The normalized spacial score (nSPS) is 17.5. The summed E-state index contributed by atoms with van der Waals surface area (Å²) < 4.78 is 13.9. The van der Waals surface area contributed by atoms with E-state index in [2.05, 4.69) is 15.5 Å². The molecule has 7 nitrogen and oxygen atoms in total. The van der Waals surface area contributed by atoms with E-state index in [4.69, 9.17) is 0 Å². The first kappa shape index (κ1) is 16.5. The molecule has 2 heterocycles. The van der Waals surface area contributed by atoms with E-state index < -0.39 is 11.9 Å². The van der Waals surface area contributed by atoms with Gasteiger partial charge in [0.25, 0.3) is 0 Å². The molecule has 0 bridgehead atoms. The number of benzene rings is 1. The summed E-state index contributed by atoms with van der Waals surface area (Å²) in [6.07, 6.45) is 0.537. The van der Waals surface area contributed by atoms with Crippen LogP contribution in [0.15, 0.2) is 29.8 Å².